The number of carbonyl (C=O) groups is 2. The van der Waals surface area contributed by atoms with E-state index in [9.17, 15) is 9.59 Å². The highest BCUT2D eigenvalue weighted by Gasteiger charge is 2.20. The molecule has 20 heavy (non-hydrogen) atoms. The highest BCUT2D eigenvalue weighted by Crippen LogP contribution is 2.22. The third-order valence-electron chi connectivity index (χ3n) is 2.61. The molecule has 0 saturated carbocycles. The number of aliphatic carboxylic acids is 1. The minimum Gasteiger partial charge on any atom is -0.490 e. The Bertz CT molecular complexity index is 481. The summed E-state index contributed by atoms with van der Waals surface area (Å²) in [5.74, 6) is -1.01. The van der Waals surface area contributed by atoms with E-state index in [1.807, 2.05) is 0 Å². The number of rotatable bonds is 7. The lowest BCUT2D eigenvalue weighted by Gasteiger charge is -2.20. The van der Waals surface area contributed by atoms with Gasteiger partial charge in [-0.1, -0.05) is 23.7 Å². The Morgan fingerprint density at radius 3 is 2.70 bits per heavy atom. The van der Waals surface area contributed by atoms with E-state index >= 15 is 0 Å². The van der Waals surface area contributed by atoms with Crippen LogP contribution in [-0.2, 0) is 9.59 Å². The highest BCUT2D eigenvalue weighted by atomic mass is 35.5. The van der Waals surface area contributed by atoms with Gasteiger partial charge in [0.1, 0.15) is 12.4 Å². The first-order chi connectivity index (χ1) is 9.41. The second-order valence-corrected chi connectivity index (χ2v) is 4.65. The molecule has 3 N–H and O–H groups in total. The predicted octanol–water partition coefficient (Wildman–Crippen LogP) is 0.979. The fourth-order valence-electron chi connectivity index (χ4n) is 1.52. The Balaban J connectivity index is 2.40. The summed E-state index contributed by atoms with van der Waals surface area (Å²) in [6, 6.07) is 5.96. The van der Waals surface area contributed by atoms with E-state index in [0.717, 1.165) is 0 Å². The third-order valence-corrected chi connectivity index (χ3v) is 2.92. The van der Waals surface area contributed by atoms with E-state index in [0.29, 0.717) is 10.8 Å². The lowest BCUT2D eigenvalue weighted by molar-refractivity contribution is -0.141. The van der Waals surface area contributed by atoms with Crippen molar-refractivity contribution < 1.29 is 19.4 Å². The molecule has 1 amide bonds. The van der Waals surface area contributed by atoms with Gasteiger partial charge in [-0.25, -0.2) is 0 Å². The van der Waals surface area contributed by atoms with Crippen molar-refractivity contribution >= 4 is 23.5 Å². The smallest absolute Gasteiger partial charge is 0.305 e. The van der Waals surface area contributed by atoms with Crippen molar-refractivity contribution in [3.05, 3.63) is 29.3 Å². The van der Waals surface area contributed by atoms with Gasteiger partial charge in [0.15, 0.2) is 0 Å². The van der Waals surface area contributed by atoms with Gasteiger partial charge in [0, 0.05) is 7.05 Å². The second-order valence-electron chi connectivity index (χ2n) is 4.24. The van der Waals surface area contributed by atoms with Crippen molar-refractivity contribution in [3.8, 4) is 5.75 Å². The van der Waals surface area contributed by atoms with Crippen LogP contribution in [0, 0.1) is 0 Å². The summed E-state index contributed by atoms with van der Waals surface area (Å²) in [5.41, 5.74) is 5.49. The summed E-state index contributed by atoms with van der Waals surface area (Å²) >= 11 is 5.92. The fraction of sp³-hybridized carbons (Fsp3) is 0.385. The van der Waals surface area contributed by atoms with Gasteiger partial charge in [0.2, 0.25) is 5.91 Å². The van der Waals surface area contributed by atoms with Crippen LogP contribution in [0.15, 0.2) is 24.3 Å². The van der Waals surface area contributed by atoms with Crippen LogP contribution < -0.4 is 10.5 Å². The van der Waals surface area contributed by atoms with Gasteiger partial charge >= 0.3 is 5.97 Å². The lowest BCUT2D eigenvalue weighted by atomic mass is 10.2. The van der Waals surface area contributed by atoms with E-state index in [-0.39, 0.29) is 13.2 Å². The lowest BCUT2D eigenvalue weighted by Crippen LogP contribution is -2.44. The molecule has 0 aliphatic rings. The van der Waals surface area contributed by atoms with Gasteiger partial charge < -0.3 is 20.5 Å². The summed E-state index contributed by atoms with van der Waals surface area (Å²) in [5, 5.41) is 9.07. The number of hydrogen-bond donors (Lipinski definition) is 2. The number of nitrogens with two attached hydrogens (primary N) is 1. The first kappa shape index (κ1) is 16.3. The van der Waals surface area contributed by atoms with Crippen LogP contribution in [0.25, 0.3) is 0 Å². The molecule has 0 aliphatic heterocycles. The molecule has 1 atom stereocenters. The highest BCUT2D eigenvalue weighted by molar-refractivity contribution is 6.32. The second kappa shape index (κ2) is 7.72. The summed E-state index contributed by atoms with van der Waals surface area (Å²) in [4.78, 5) is 23.6. The number of hydrogen-bond acceptors (Lipinski definition) is 4. The zero-order valence-corrected chi connectivity index (χ0v) is 11.8. The van der Waals surface area contributed by atoms with Crippen LogP contribution >= 0.6 is 11.6 Å². The standard InChI is InChI=1S/C13H17ClN2O4/c1-16(13(19)10(15)8-12(17)18)6-7-20-11-5-3-2-4-9(11)14/h2-5,10H,6-8,15H2,1H3,(H,17,18). The fourth-order valence-corrected chi connectivity index (χ4v) is 1.71. The first-order valence-corrected chi connectivity index (χ1v) is 6.39. The molecule has 0 saturated heterocycles. The molecule has 7 heteroatoms. The molecule has 0 aromatic heterocycles. The van der Waals surface area contributed by atoms with Crippen molar-refractivity contribution in [1.29, 1.82) is 0 Å². The van der Waals surface area contributed by atoms with Crippen LogP contribution in [0.3, 0.4) is 0 Å². The van der Waals surface area contributed by atoms with Crippen LogP contribution in [0.1, 0.15) is 6.42 Å². The Morgan fingerprint density at radius 1 is 1.45 bits per heavy atom. The quantitative estimate of drug-likeness (QED) is 0.783. The van der Waals surface area contributed by atoms with Crippen LogP contribution in [0.4, 0.5) is 0 Å². The normalized spacial score (nSPS) is 11.8. The number of halogens is 1. The molecular weight excluding hydrogens is 284 g/mol. The molecule has 0 heterocycles. The Labute approximate surface area is 122 Å². The molecular formula is C13H17ClN2O4. The number of amides is 1. The molecule has 1 unspecified atom stereocenters. The molecule has 110 valence electrons. The number of carboxylic acid groups (broad SMARTS) is 1. The minimum absolute atomic E-state index is 0.242. The largest absolute Gasteiger partial charge is 0.490 e. The van der Waals surface area contributed by atoms with E-state index < -0.39 is 24.3 Å². The van der Waals surface area contributed by atoms with Crippen LogP contribution in [0.5, 0.6) is 5.75 Å². The molecule has 1 aromatic carbocycles. The van der Waals surface area contributed by atoms with Gasteiger partial charge in [-0.3, -0.25) is 9.59 Å². The van der Waals surface area contributed by atoms with Crippen molar-refractivity contribution in [2.24, 2.45) is 5.73 Å². The molecule has 1 rings (SSSR count). The Hall–Kier alpha value is -1.79. The van der Waals surface area contributed by atoms with Crippen LogP contribution in [0.2, 0.25) is 5.02 Å². The summed E-state index contributed by atoms with van der Waals surface area (Å²) in [6.45, 7) is 0.531. The minimum atomic E-state index is -1.11. The average Bonchev–Trinajstić information content (AvgIpc) is 2.39. The van der Waals surface area contributed by atoms with Crippen molar-refractivity contribution in [1.82, 2.24) is 4.90 Å². The van der Waals surface area contributed by atoms with Crippen LogP contribution in [-0.4, -0.2) is 48.1 Å². The topological polar surface area (TPSA) is 92.9 Å². The number of benzene rings is 1. The van der Waals surface area contributed by atoms with Gasteiger partial charge in [-0.2, -0.15) is 0 Å². The van der Waals surface area contributed by atoms with Crippen molar-refractivity contribution in [3.63, 3.8) is 0 Å². The number of para-hydroxylation sites is 1. The van der Waals surface area contributed by atoms with Gasteiger partial charge in [-0.05, 0) is 12.1 Å². The maximum atomic E-state index is 11.7. The molecule has 6 nitrogen and oxygen atoms in total. The van der Waals surface area contributed by atoms with Gasteiger partial charge in [0.25, 0.3) is 0 Å². The summed E-state index contributed by atoms with van der Waals surface area (Å²) < 4.78 is 5.44. The number of carboxylic acids is 1. The van der Waals surface area contributed by atoms with Gasteiger partial charge in [0.05, 0.1) is 24.0 Å². The van der Waals surface area contributed by atoms with E-state index in [2.05, 4.69) is 0 Å². The molecule has 0 fully saturated rings. The molecule has 0 radical (unpaired) electrons. The van der Waals surface area contributed by atoms with Gasteiger partial charge in [-0.15, -0.1) is 0 Å². The summed E-state index contributed by atoms with van der Waals surface area (Å²) in [6.07, 6.45) is -0.394. The number of ether oxygens (including phenoxy) is 1. The number of carbonyl (C=O) groups excluding carboxylic acids is 1. The monoisotopic (exact) mass is 300 g/mol. The van der Waals surface area contributed by atoms with Crippen molar-refractivity contribution in [2.75, 3.05) is 20.2 Å². The van der Waals surface area contributed by atoms with E-state index in [4.69, 9.17) is 27.2 Å². The average molecular weight is 301 g/mol. The molecule has 0 bridgehead atoms. The molecule has 1 aromatic rings. The molecule has 0 aliphatic carbocycles. The molecule has 0 spiro atoms. The van der Waals surface area contributed by atoms with Crippen molar-refractivity contribution in [2.45, 2.75) is 12.5 Å². The Kier molecular flexibility index (Phi) is 6.27. The number of likely N-dealkylation sites (N-methyl/N-ethyl adjacent to an activating group) is 1. The Morgan fingerprint density at radius 2 is 2.10 bits per heavy atom. The SMILES string of the molecule is CN(CCOc1ccccc1Cl)C(=O)C(N)CC(=O)O. The van der Waals surface area contributed by atoms with E-state index in [1.165, 1.54) is 4.90 Å². The predicted molar refractivity (Wildman–Crippen MR) is 74.8 cm³/mol. The van der Waals surface area contributed by atoms with E-state index in [1.54, 1.807) is 31.3 Å². The zero-order chi connectivity index (χ0) is 15.1. The maximum Gasteiger partial charge on any atom is 0.305 e. The maximum absolute atomic E-state index is 11.7. The summed E-state index contributed by atoms with van der Waals surface area (Å²) in [7, 11) is 1.54. The first-order valence-electron chi connectivity index (χ1n) is 6.01. The number of nitrogens with zero attached hydrogens (tertiary/aromatic N) is 1. The third kappa shape index (κ3) is 5.07. The zero-order valence-electron chi connectivity index (χ0n) is 11.1.